The number of hydrogen-bond acceptors (Lipinski definition) is 4. The van der Waals surface area contributed by atoms with Crippen LogP contribution in [0, 0.1) is 13.8 Å². The van der Waals surface area contributed by atoms with Crippen LogP contribution in [0.4, 0.5) is 11.4 Å². The molecule has 0 unspecified atom stereocenters. The number of amides is 2. The highest BCUT2D eigenvalue weighted by molar-refractivity contribution is 7.92. The third-order valence-corrected chi connectivity index (χ3v) is 6.41. The summed E-state index contributed by atoms with van der Waals surface area (Å²) >= 11 is 0. The predicted molar refractivity (Wildman–Crippen MR) is 130 cm³/mol. The maximum Gasteiger partial charge on any atom is 0.261 e. The second-order valence-corrected chi connectivity index (χ2v) is 9.39. The lowest BCUT2D eigenvalue weighted by molar-refractivity contribution is 0.0954. The van der Waals surface area contributed by atoms with Crippen molar-refractivity contribution in [3.8, 4) is 0 Å². The van der Waals surface area contributed by atoms with E-state index in [0.29, 0.717) is 29.0 Å². The number of hydrogen-bond donors (Lipinski definition) is 3. The van der Waals surface area contributed by atoms with Crippen molar-refractivity contribution in [1.82, 2.24) is 5.32 Å². The van der Waals surface area contributed by atoms with Crippen LogP contribution in [-0.2, 0) is 10.0 Å². The number of aryl methyl sites for hydroxylation is 2. The topological polar surface area (TPSA) is 104 Å². The first kappa shape index (κ1) is 24.0. The van der Waals surface area contributed by atoms with Crippen LogP contribution >= 0.6 is 0 Å². The van der Waals surface area contributed by atoms with E-state index in [2.05, 4.69) is 15.4 Å². The molecule has 0 bridgehead atoms. The van der Waals surface area contributed by atoms with Gasteiger partial charge in [0, 0.05) is 12.1 Å². The Bertz CT molecular complexity index is 1270. The van der Waals surface area contributed by atoms with E-state index in [1.165, 1.54) is 18.2 Å². The van der Waals surface area contributed by atoms with Crippen molar-refractivity contribution in [3.63, 3.8) is 0 Å². The molecule has 0 saturated carbocycles. The molecule has 0 spiro atoms. The van der Waals surface area contributed by atoms with Crippen molar-refractivity contribution in [3.05, 3.63) is 89.0 Å². The van der Waals surface area contributed by atoms with Crippen molar-refractivity contribution in [2.75, 3.05) is 16.6 Å². The Morgan fingerprint density at radius 2 is 1.55 bits per heavy atom. The van der Waals surface area contributed by atoms with Crippen molar-refractivity contribution in [1.29, 1.82) is 0 Å². The van der Waals surface area contributed by atoms with Gasteiger partial charge in [-0.05, 0) is 62.2 Å². The average Bonchev–Trinajstić information content (AvgIpc) is 2.79. The number of para-hydroxylation sites is 1. The van der Waals surface area contributed by atoms with Crippen LogP contribution in [0.2, 0.25) is 0 Å². The molecular formula is C25H27N3O4S. The molecule has 0 aliphatic heterocycles. The van der Waals surface area contributed by atoms with Gasteiger partial charge in [0.05, 0.1) is 21.8 Å². The Labute approximate surface area is 194 Å². The molecule has 0 saturated heterocycles. The van der Waals surface area contributed by atoms with Gasteiger partial charge in [-0.25, -0.2) is 8.42 Å². The summed E-state index contributed by atoms with van der Waals surface area (Å²) in [6.07, 6.45) is 0.797. The molecule has 3 aromatic rings. The number of benzene rings is 3. The molecular weight excluding hydrogens is 438 g/mol. The molecule has 8 heteroatoms. The molecule has 0 aliphatic carbocycles. The predicted octanol–water partition coefficient (Wildman–Crippen LogP) is 4.50. The molecule has 0 aromatic heterocycles. The molecule has 3 aromatic carbocycles. The van der Waals surface area contributed by atoms with Crippen LogP contribution in [-0.4, -0.2) is 26.8 Å². The smallest absolute Gasteiger partial charge is 0.261 e. The van der Waals surface area contributed by atoms with Crippen LogP contribution in [0.25, 0.3) is 0 Å². The van der Waals surface area contributed by atoms with Gasteiger partial charge in [-0.15, -0.1) is 0 Å². The molecule has 33 heavy (non-hydrogen) atoms. The Hall–Kier alpha value is -3.65. The quantitative estimate of drug-likeness (QED) is 0.456. The zero-order valence-electron chi connectivity index (χ0n) is 18.8. The Morgan fingerprint density at radius 1 is 0.848 bits per heavy atom. The Kier molecular flexibility index (Phi) is 7.50. The van der Waals surface area contributed by atoms with Gasteiger partial charge in [0.2, 0.25) is 0 Å². The third kappa shape index (κ3) is 5.98. The standard InChI is InChI=1S/C25H27N3O4S/c1-4-15-26-25(30)21-7-5-6-8-22(21)27-24(29)19-12-11-18(3)23(16-19)28-33(31,32)20-13-9-17(2)10-14-20/h5-14,16,28H,4,15H2,1-3H3,(H,26,30)(H,27,29). The molecule has 0 heterocycles. The number of sulfonamides is 1. The summed E-state index contributed by atoms with van der Waals surface area (Å²) in [7, 11) is -3.82. The first-order valence-electron chi connectivity index (χ1n) is 10.6. The van der Waals surface area contributed by atoms with E-state index in [-0.39, 0.29) is 16.4 Å². The van der Waals surface area contributed by atoms with E-state index in [4.69, 9.17) is 0 Å². The molecule has 0 fully saturated rings. The van der Waals surface area contributed by atoms with Crippen LogP contribution in [0.5, 0.6) is 0 Å². The number of carbonyl (C=O) groups is 2. The lowest BCUT2D eigenvalue weighted by atomic mass is 10.1. The van der Waals surface area contributed by atoms with E-state index in [0.717, 1.165) is 12.0 Å². The third-order valence-electron chi connectivity index (χ3n) is 5.03. The zero-order valence-corrected chi connectivity index (χ0v) is 19.6. The number of carbonyl (C=O) groups excluding carboxylic acids is 2. The minimum Gasteiger partial charge on any atom is -0.352 e. The molecule has 0 radical (unpaired) electrons. The largest absolute Gasteiger partial charge is 0.352 e. The molecule has 172 valence electrons. The number of nitrogens with one attached hydrogen (secondary N) is 3. The highest BCUT2D eigenvalue weighted by atomic mass is 32.2. The highest BCUT2D eigenvalue weighted by Crippen LogP contribution is 2.23. The maximum atomic E-state index is 12.9. The second-order valence-electron chi connectivity index (χ2n) is 7.70. The van der Waals surface area contributed by atoms with Crippen molar-refractivity contribution in [2.24, 2.45) is 0 Å². The lowest BCUT2D eigenvalue weighted by Crippen LogP contribution is -2.25. The van der Waals surface area contributed by atoms with Gasteiger partial charge in [0.25, 0.3) is 21.8 Å². The summed E-state index contributed by atoms with van der Waals surface area (Å²) in [6, 6.07) is 18.0. The fourth-order valence-electron chi connectivity index (χ4n) is 3.11. The summed E-state index contributed by atoms with van der Waals surface area (Å²) in [5.74, 6) is -0.732. The van der Waals surface area contributed by atoms with E-state index in [1.54, 1.807) is 55.5 Å². The fraction of sp³-hybridized carbons (Fsp3) is 0.200. The second kappa shape index (κ2) is 10.3. The first-order valence-corrected chi connectivity index (χ1v) is 12.1. The molecule has 0 aliphatic rings. The molecule has 3 rings (SSSR count). The van der Waals surface area contributed by atoms with Crippen molar-refractivity contribution in [2.45, 2.75) is 32.1 Å². The minimum absolute atomic E-state index is 0.134. The van der Waals surface area contributed by atoms with Gasteiger partial charge in [0.1, 0.15) is 0 Å². The Balaban J connectivity index is 1.83. The van der Waals surface area contributed by atoms with E-state index < -0.39 is 15.9 Å². The summed E-state index contributed by atoms with van der Waals surface area (Å²) < 4.78 is 28.1. The van der Waals surface area contributed by atoms with E-state index in [9.17, 15) is 18.0 Å². The lowest BCUT2D eigenvalue weighted by Gasteiger charge is -2.14. The average molecular weight is 466 g/mol. The fourth-order valence-corrected chi connectivity index (χ4v) is 4.23. The monoisotopic (exact) mass is 465 g/mol. The van der Waals surface area contributed by atoms with Crippen molar-refractivity contribution < 1.29 is 18.0 Å². The summed E-state index contributed by atoms with van der Waals surface area (Å²) in [4.78, 5) is 25.5. The van der Waals surface area contributed by atoms with Gasteiger partial charge in [-0.3, -0.25) is 14.3 Å². The number of rotatable bonds is 8. The van der Waals surface area contributed by atoms with Crippen LogP contribution in [0.1, 0.15) is 45.2 Å². The van der Waals surface area contributed by atoms with Crippen LogP contribution in [0.3, 0.4) is 0 Å². The highest BCUT2D eigenvalue weighted by Gasteiger charge is 2.18. The summed E-state index contributed by atoms with van der Waals surface area (Å²) in [5, 5.41) is 5.55. The number of anilines is 2. The zero-order chi connectivity index (χ0) is 24.0. The van der Waals surface area contributed by atoms with Gasteiger partial charge >= 0.3 is 0 Å². The molecule has 2 amide bonds. The molecule has 7 nitrogen and oxygen atoms in total. The van der Waals surface area contributed by atoms with Gasteiger partial charge in [-0.1, -0.05) is 42.8 Å². The van der Waals surface area contributed by atoms with Crippen molar-refractivity contribution >= 4 is 33.2 Å². The van der Waals surface area contributed by atoms with E-state index >= 15 is 0 Å². The minimum atomic E-state index is -3.82. The summed E-state index contributed by atoms with van der Waals surface area (Å²) in [5.41, 5.74) is 2.90. The van der Waals surface area contributed by atoms with Crippen LogP contribution < -0.4 is 15.4 Å². The van der Waals surface area contributed by atoms with E-state index in [1.807, 2.05) is 13.8 Å². The van der Waals surface area contributed by atoms with Gasteiger partial charge in [-0.2, -0.15) is 0 Å². The molecule has 3 N–H and O–H groups in total. The van der Waals surface area contributed by atoms with Gasteiger partial charge < -0.3 is 10.6 Å². The molecule has 0 atom stereocenters. The Morgan fingerprint density at radius 3 is 2.24 bits per heavy atom. The maximum absolute atomic E-state index is 12.9. The SMILES string of the molecule is CCCNC(=O)c1ccccc1NC(=O)c1ccc(C)c(NS(=O)(=O)c2ccc(C)cc2)c1. The summed E-state index contributed by atoms with van der Waals surface area (Å²) in [6.45, 7) is 6.11. The normalized spacial score (nSPS) is 11.0. The van der Waals surface area contributed by atoms with Crippen LogP contribution in [0.15, 0.2) is 71.6 Å². The van der Waals surface area contributed by atoms with Gasteiger partial charge in [0.15, 0.2) is 0 Å². The first-order chi connectivity index (χ1) is 15.7.